The van der Waals surface area contributed by atoms with Gasteiger partial charge >= 0.3 is 0 Å². The van der Waals surface area contributed by atoms with E-state index >= 15 is 0 Å². The summed E-state index contributed by atoms with van der Waals surface area (Å²) in [6.45, 7) is 0. The number of fused-ring (bicyclic) bond motifs is 8. The summed E-state index contributed by atoms with van der Waals surface area (Å²) in [5.41, 5.74) is 15.1. The monoisotopic (exact) mass is 936 g/mol. The van der Waals surface area contributed by atoms with Gasteiger partial charge in [0.15, 0.2) is 11.7 Å². The molecule has 13 rings (SSSR count). The van der Waals surface area contributed by atoms with Crippen molar-refractivity contribution in [3.05, 3.63) is 271 Å². The maximum Gasteiger partial charge on any atom is 0.162 e. The molecule has 1 N–H and O–H groups in total. The van der Waals surface area contributed by atoms with E-state index in [1.165, 1.54) is 43.8 Å². The predicted molar refractivity (Wildman–Crippen MR) is 307 cm³/mol. The first-order valence-corrected chi connectivity index (χ1v) is 25.0. The van der Waals surface area contributed by atoms with E-state index < -0.39 is 0 Å². The molecule has 2 aromatic heterocycles. The zero-order chi connectivity index (χ0) is 48.0. The molecule has 0 aliphatic carbocycles. The van der Waals surface area contributed by atoms with Crippen molar-refractivity contribution in [3.8, 4) is 50.2 Å². The van der Waals surface area contributed by atoms with Crippen LogP contribution in [-0.2, 0) is 0 Å². The number of thiophene rings is 1. The third-order valence-electron chi connectivity index (χ3n) is 13.7. The van der Waals surface area contributed by atoms with Gasteiger partial charge in [0, 0.05) is 54.0 Å². The van der Waals surface area contributed by atoms with Crippen molar-refractivity contribution in [2.45, 2.75) is 0 Å². The van der Waals surface area contributed by atoms with E-state index in [-0.39, 0.29) is 5.84 Å². The van der Waals surface area contributed by atoms with Gasteiger partial charge in [-0.15, -0.1) is 11.3 Å². The molecule has 0 atom stereocenters. The summed E-state index contributed by atoms with van der Waals surface area (Å²) in [6.07, 6.45) is 1.90. The first kappa shape index (κ1) is 42.8. The van der Waals surface area contributed by atoms with E-state index in [0.29, 0.717) is 5.84 Å². The minimum Gasteiger partial charge on any atom is -0.309 e. The van der Waals surface area contributed by atoms with E-state index in [1.54, 1.807) is 11.3 Å². The summed E-state index contributed by atoms with van der Waals surface area (Å²) >= 11 is 1.77. The fourth-order valence-electron chi connectivity index (χ4n) is 10.3. The highest BCUT2D eigenvalue weighted by Gasteiger charge is 2.21. The number of amidine groups is 2. The van der Waals surface area contributed by atoms with Crippen molar-refractivity contribution in [1.29, 1.82) is 5.41 Å². The standard InChI is InChI=1S/C67H44N4S/c68-66(49-27-14-5-15-28-49)70-67(69-43-44-37-51(46-21-8-2-9-22-46)39-52(38-44)47-23-10-3-11-24-47)57-31-18-32-62-65(57)56-35-34-53(41-63(56)72-62)71-60-36-33-50(45-19-6-1-7-20-45)40-59(60)64-55-30-17-16-29-54(55)58(42-61(64)71)48-25-12-4-13-26-48/h1-43,68H. The van der Waals surface area contributed by atoms with Gasteiger partial charge in [0.25, 0.3) is 0 Å². The highest BCUT2D eigenvalue weighted by molar-refractivity contribution is 7.26. The van der Waals surface area contributed by atoms with Crippen LogP contribution in [0.15, 0.2) is 265 Å². The molecule has 0 spiro atoms. The molecule has 0 saturated carbocycles. The lowest BCUT2D eigenvalue weighted by Gasteiger charge is -2.12. The first-order valence-electron chi connectivity index (χ1n) is 24.2. The molecule has 5 heteroatoms. The summed E-state index contributed by atoms with van der Waals surface area (Å²) in [4.78, 5) is 10.3. The quantitative estimate of drug-likeness (QED) is 0.117. The Labute approximate surface area is 421 Å². The fourth-order valence-corrected chi connectivity index (χ4v) is 11.5. The highest BCUT2D eigenvalue weighted by Crippen LogP contribution is 2.44. The zero-order valence-corrected chi connectivity index (χ0v) is 39.9. The Hall–Kier alpha value is -9.29. The third kappa shape index (κ3) is 7.79. The summed E-state index contributed by atoms with van der Waals surface area (Å²) in [5.74, 6) is 0.621. The van der Waals surface area contributed by atoms with E-state index in [1.807, 2.05) is 48.7 Å². The highest BCUT2D eigenvalue weighted by atomic mass is 32.1. The summed E-state index contributed by atoms with van der Waals surface area (Å²) in [6, 6.07) is 90.0. The average Bonchev–Trinajstić information content (AvgIpc) is 4.00. The molecule has 11 aromatic carbocycles. The average molecular weight is 937 g/mol. The number of nitrogens with zero attached hydrogens (tertiary/aromatic N) is 3. The van der Waals surface area contributed by atoms with Gasteiger partial charge in [0.05, 0.1) is 11.0 Å². The van der Waals surface area contributed by atoms with Gasteiger partial charge in [-0.3, -0.25) is 5.41 Å². The Morgan fingerprint density at radius 1 is 0.403 bits per heavy atom. The molecule has 4 nitrogen and oxygen atoms in total. The molecular weight excluding hydrogens is 893 g/mol. The summed E-state index contributed by atoms with van der Waals surface area (Å²) in [7, 11) is 0. The Bertz CT molecular complexity index is 4190. The Balaban J connectivity index is 0.995. The maximum atomic E-state index is 9.28. The van der Waals surface area contributed by atoms with Crippen LogP contribution < -0.4 is 0 Å². The molecule has 0 aliphatic heterocycles. The molecule has 0 aliphatic rings. The zero-order valence-electron chi connectivity index (χ0n) is 39.1. The Kier molecular flexibility index (Phi) is 10.8. The molecule has 2 heterocycles. The molecule has 338 valence electrons. The van der Waals surface area contributed by atoms with E-state index in [4.69, 9.17) is 9.98 Å². The lowest BCUT2D eigenvalue weighted by atomic mass is 9.94. The molecule has 0 radical (unpaired) electrons. The van der Waals surface area contributed by atoms with Crippen LogP contribution in [0.25, 0.3) is 103 Å². The van der Waals surface area contributed by atoms with Gasteiger partial charge < -0.3 is 4.57 Å². The SMILES string of the molecule is N=C(N=C(N=Cc1cc(-c2ccccc2)cc(-c2ccccc2)c1)c1cccc2sc3cc(-n4c5ccc(-c6ccccc6)cc5c5c6ccccc6c(-c6ccccc6)cc54)ccc3c12)c1ccccc1. The van der Waals surface area contributed by atoms with Crippen molar-refractivity contribution in [1.82, 2.24) is 4.57 Å². The van der Waals surface area contributed by atoms with E-state index in [2.05, 4.69) is 217 Å². The van der Waals surface area contributed by atoms with Crippen molar-refractivity contribution in [2.75, 3.05) is 0 Å². The second-order valence-corrected chi connectivity index (χ2v) is 19.2. The second-order valence-electron chi connectivity index (χ2n) is 18.1. The van der Waals surface area contributed by atoms with Gasteiger partial charge in [0.2, 0.25) is 0 Å². The van der Waals surface area contributed by atoms with Crippen molar-refractivity contribution >= 4 is 82.0 Å². The van der Waals surface area contributed by atoms with E-state index in [0.717, 1.165) is 75.8 Å². The van der Waals surface area contributed by atoms with Gasteiger partial charge in [-0.2, -0.15) is 0 Å². The Morgan fingerprint density at radius 2 is 1.00 bits per heavy atom. The summed E-state index contributed by atoms with van der Waals surface area (Å²) < 4.78 is 4.73. The number of hydrogen-bond donors (Lipinski definition) is 1. The number of benzene rings is 11. The minimum absolute atomic E-state index is 0.147. The number of aliphatic imine (C=N–C) groups is 2. The van der Waals surface area contributed by atoms with Crippen LogP contribution in [-0.4, -0.2) is 22.5 Å². The molecule has 13 aromatic rings. The number of hydrogen-bond acceptors (Lipinski definition) is 2. The molecule has 0 saturated heterocycles. The van der Waals surface area contributed by atoms with Crippen molar-refractivity contribution in [2.24, 2.45) is 9.98 Å². The predicted octanol–water partition coefficient (Wildman–Crippen LogP) is 17.9. The smallest absolute Gasteiger partial charge is 0.162 e. The fraction of sp³-hybridized carbons (Fsp3) is 0. The maximum absolute atomic E-state index is 9.28. The van der Waals surface area contributed by atoms with Crippen LogP contribution >= 0.6 is 11.3 Å². The molecule has 0 amide bonds. The second kappa shape index (κ2) is 18.2. The summed E-state index contributed by atoms with van der Waals surface area (Å²) in [5, 5.41) is 16.4. The lowest BCUT2D eigenvalue weighted by molar-refractivity contribution is 1.19. The minimum atomic E-state index is 0.147. The van der Waals surface area contributed by atoms with Gasteiger partial charge in [-0.05, 0) is 115 Å². The van der Waals surface area contributed by atoms with Crippen molar-refractivity contribution < 1.29 is 0 Å². The van der Waals surface area contributed by atoms with Crippen molar-refractivity contribution in [3.63, 3.8) is 0 Å². The van der Waals surface area contributed by atoms with Crippen LogP contribution in [0.5, 0.6) is 0 Å². The van der Waals surface area contributed by atoms with Gasteiger partial charge in [0.1, 0.15) is 0 Å². The normalized spacial score (nSPS) is 12.0. The molecular formula is C67H44N4S. The van der Waals surface area contributed by atoms with Gasteiger partial charge in [-0.1, -0.05) is 200 Å². The molecule has 0 bridgehead atoms. The molecule has 72 heavy (non-hydrogen) atoms. The first-order chi connectivity index (χ1) is 35.6. The van der Waals surface area contributed by atoms with Crippen LogP contribution in [0.4, 0.5) is 0 Å². The lowest BCUT2D eigenvalue weighted by Crippen LogP contribution is -2.05. The number of rotatable bonds is 8. The number of aromatic nitrogens is 1. The third-order valence-corrected chi connectivity index (χ3v) is 14.8. The van der Waals surface area contributed by atoms with Crippen LogP contribution in [0.3, 0.4) is 0 Å². The Morgan fingerprint density at radius 3 is 1.67 bits per heavy atom. The van der Waals surface area contributed by atoms with Crippen LogP contribution in [0.2, 0.25) is 0 Å². The topological polar surface area (TPSA) is 53.5 Å². The van der Waals surface area contributed by atoms with Gasteiger partial charge in [-0.25, -0.2) is 9.98 Å². The molecule has 0 fully saturated rings. The van der Waals surface area contributed by atoms with E-state index in [9.17, 15) is 5.41 Å². The largest absolute Gasteiger partial charge is 0.309 e. The van der Waals surface area contributed by atoms with Crippen LogP contribution in [0, 0.1) is 5.41 Å². The number of nitrogens with one attached hydrogen (secondary N) is 1. The van der Waals surface area contributed by atoms with Crippen LogP contribution in [0.1, 0.15) is 16.7 Å². The molecule has 0 unspecified atom stereocenters.